The Morgan fingerprint density at radius 3 is 1.84 bits per heavy atom. The van der Waals surface area contributed by atoms with Gasteiger partial charge >= 0.3 is 17.9 Å². The average molecular weight is 479 g/mol. The number of carbonyl (C=O) groups excluding carboxylic acids is 3. The molecule has 182 valence electrons. The summed E-state index contributed by atoms with van der Waals surface area (Å²) < 4.78 is 0. The van der Waals surface area contributed by atoms with Gasteiger partial charge < -0.3 is 37.0 Å². The van der Waals surface area contributed by atoms with Crippen molar-refractivity contribution in [3.63, 3.8) is 0 Å². The van der Waals surface area contributed by atoms with Crippen LogP contribution < -0.4 is 21.7 Å². The van der Waals surface area contributed by atoms with E-state index < -0.39 is 78.6 Å². The minimum Gasteiger partial charge on any atom is -0.481 e. The molecule has 0 aromatic heterocycles. The minimum absolute atomic E-state index is 0.241. The van der Waals surface area contributed by atoms with Crippen LogP contribution in [-0.2, 0) is 28.8 Å². The molecule has 0 spiro atoms. The summed E-state index contributed by atoms with van der Waals surface area (Å²) in [7, 11) is 0. The molecule has 0 saturated carbocycles. The van der Waals surface area contributed by atoms with Gasteiger partial charge in [-0.1, -0.05) is 20.3 Å². The third-order valence-electron chi connectivity index (χ3n) is 4.60. The van der Waals surface area contributed by atoms with E-state index in [0.29, 0.717) is 6.42 Å². The molecule has 14 heteroatoms. The molecule has 0 bridgehead atoms. The number of aliphatic carboxylic acids is 3. The van der Waals surface area contributed by atoms with Gasteiger partial charge in [-0.2, -0.15) is 12.6 Å². The van der Waals surface area contributed by atoms with Crippen molar-refractivity contribution < 1.29 is 44.1 Å². The van der Waals surface area contributed by atoms with E-state index in [4.69, 9.17) is 15.9 Å². The lowest BCUT2D eigenvalue weighted by atomic mass is 9.98. The second-order valence-electron chi connectivity index (χ2n) is 7.15. The summed E-state index contributed by atoms with van der Waals surface area (Å²) in [5.41, 5.74) is 5.44. The van der Waals surface area contributed by atoms with Crippen molar-refractivity contribution in [3.8, 4) is 0 Å². The predicted octanol–water partition coefficient (Wildman–Crippen LogP) is -1.83. The van der Waals surface area contributed by atoms with Crippen molar-refractivity contribution in [2.75, 3.05) is 5.75 Å². The van der Waals surface area contributed by atoms with E-state index in [9.17, 15) is 33.9 Å². The van der Waals surface area contributed by atoms with E-state index in [0.717, 1.165) is 0 Å². The number of hydrogen-bond donors (Lipinski definition) is 8. The van der Waals surface area contributed by atoms with Crippen LogP contribution in [0.3, 0.4) is 0 Å². The van der Waals surface area contributed by atoms with Crippen LogP contribution in [-0.4, -0.2) is 80.9 Å². The second-order valence-corrected chi connectivity index (χ2v) is 7.52. The highest BCUT2D eigenvalue weighted by molar-refractivity contribution is 7.80. The maximum absolute atomic E-state index is 12.6. The van der Waals surface area contributed by atoms with E-state index in [2.05, 4.69) is 28.6 Å². The van der Waals surface area contributed by atoms with E-state index in [-0.39, 0.29) is 12.2 Å². The molecule has 5 unspecified atom stereocenters. The van der Waals surface area contributed by atoms with Gasteiger partial charge in [0.1, 0.15) is 18.1 Å². The fourth-order valence-electron chi connectivity index (χ4n) is 2.50. The van der Waals surface area contributed by atoms with E-state index >= 15 is 0 Å². The van der Waals surface area contributed by atoms with Crippen molar-refractivity contribution in [1.82, 2.24) is 16.0 Å². The Labute approximate surface area is 189 Å². The molecule has 0 fully saturated rings. The van der Waals surface area contributed by atoms with Crippen LogP contribution in [0.4, 0.5) is 0 Å². The number of carboxylic acid groups (broad SMARTS) is 3. The van der Waals surface area contributed by atoms with Gasteiger partial charge in [-0.05, 0) is 12.3 Å². The standard InChI is InChI=1S/C18H30N4O9S/c1-3-8(2)14(18(30)31)22-16(28)10(4-5-12(23)24)20-17(29)11(7-32)21-15(27)9(19)6-13(25)26/h8-11,14,32H,3-7,19H2,1-2H3,(H,20,29)(H,21,27)(H,22,28)(H,23,24)(H,25,26)(H,30,31). The number of nitrogens with one attached hydrogen (secondary N) is 3. The van der Waals surface area contributed by atoms with Crippen LogP contribution in [0.25, 0.3) is 0 Å². The van der Waals surface area contributed by atoms with Crippen molar-refractivity contribution >= 4 is 48.3 Å². The first-order chi connectivity index (χ1) is 14.8. The number of carboxylic acids is 3. The summed E-state index contributed by atoms with van der Waals surface area (Å²) in [6.45, 7) is 3.34. The molecule has 32 heavy (non-hydrogen) atoms. The predicted molar refractivity (Wildman–Crippen MR) is 114 cm³/mol. The number of thiol groups is 1. The van der Waals surface area contributed by atoms with E-state index in [1.54, 1.807) is 13.8 Å². The molecule has 0 aromatic rings. The van der Waals surface area contributed by atoms with Crippen molar-refractivity contribution in [1.29, 1.82) is 0 Å². The van der Waals surface area contributed by atoms with Crippen LogP contribution in [0.15, 0.2) is 0 Å². The first-order valence-electron chi connectivity index (χ1n) is 9.77. The molecule has 0 aliphatic rings. The molecule has 5 atom stereocenters. The topological polar surface area (TPSA) is 225 Å². The van der Waals surface area contributed by atoms with Gasteiger partial charge in [-0.3, -0.25) is 24.0 Å². The maximum Gasteiger partial charge on any atom is 0.326 e. The summed E-state index contributed by atoms with van der Waals surface area (Å²) >= 11 is 3.94. The van der Waals surface area contributed by atoms with Gasteiger partial charge in [0.2, 0.25) is 17.7 Å². The highest BCUT2D eigenvalue weighted by Crippen LogP contribution is 2.09. The minimum atomic E-state index is -1.43. The lowest BCUT2D eigenvalue weighted by Crippen LogP contribution is -2.58. The number of amides is 3. The molecule has 13 nitrogen and oxygen atoms in total. The van der Waals surface area contributed by atoms with Crippen LogP contribution in [0.1, 0.15) is 39.5 Å². The fraction of sp³-hybridized carbons (Fsp3) is 0.667. The monoisotopic (exact) mass is 478 g/mol. The molecule has 0 aliphatic carbocycles. The smallest absolute Gasteiger partial charge is 0.326 e. The Morgan fingerprint density at radius 1 is 0.875 bits per heavy atom. The summed E-state index contributed by atoms with van der Waals surface area (Å²) in [6, 6.07) is -5.40. The Hall–Kier alpha value is -2.87. The molecular formula is C18H30N4O9S. The van der Waals surface area contributed by atoms with Crippen LogP contribution >= 0.6 is 12.6 Å². The number of carbonyl (C=O) groups is 6. The largest absolute Gasteiger partial charge is 0.481 e. The molecule has 0 heterocycles. The van der Waals surface area contributed by atoms with Gasteiger partial charge in [0.15, 0.2) is 0 Å². The Bertz CT molecular complexity index is 719. The zero-order valence-electron chi connectivity index (χ0n) is 17.7. The Kier molecular flexibility index (Phi) is 13.0. The Morgan fingerprint density at radius 2 is 1.41 bits per heavy atom. The highest BCUT2D eigenvalue weighted by Gasteiger charge is 2.32. The van der Waals surface area contributed by atoms with Crippen LogP contribution in [0.5, 0.6) is 0 Å². The first kappa shape index (κ1) is 29.1. The zero-order chi connectivity index (χ0) is 25.0. The molecule has 8 N–H and O–H groups in total. The molecular weight excluding hydrogens is 448 g/mol. The van der Waals surface area contributed by atoms with Gasteiger partial charge in [0.05, 0.1) is 12.5 Å². The van der Waals surface area contributed by atoms with Crippen LogP contribution in [0, 0.1) is 5.92 Å². The molecule has 0 rings (SSSR count). The summed E-state index contributed by atoms with van der Waals surface area (Å²) in [5, 5.41) is 33.7. The van der Waals surface area contributed by atoms with E-state index in [1.807, 2.05) is 0 Å². The van der Waals surface area contributed by atoms with E-state index in [1.165, 1.54) is 0 Å². The summed E-state index contributed by atoms with van der Waals surface area (Å²) in [6.07, 6.45) is -1.08. The number of nitrogens with two attached hydrogens (primary N) is 1. The quantitative estimate of drug-likeness (QED) is 0.123. The molecule has 3 amide bonds. The summed E-state index contributed by atoms with van der Waals surface area (Å²) in [4.78, 5) is 70.2. The number of rotatable bonds is 15. The Balaban J connectivity index is 5.39. The van der Waals surface area contributed by atoms with Gasteiger partial charge in [-0.15, -0.1) is 0 Å². The van der Waals surface area contributed by atoms with Crippen LogP contribution in [0.2, 0.25) is 0 Å². The SMILES string of the molecule is CCC(C)C(NC(=O)C(CCC(=O)O)NC(=O)C(CS)NC(=O)C(N)CC(=O)O)C(=O)O. The normalized spacial score (nSPS) is 15.4. The molecule has 0 saturated heterocycles. The van der Waals surface area contributed by atoms with Crippen molar-refractivity contribution in [2.24, 2.45) is 11.7 Å². The third-order valence-corrected chi connectivity index (χ3v) is 4.97. The van der Waals surface area contributed by atoms with Crippen molar-refractivity contribution in [2.45, 2.75) is 63.7 Å². The third kappa shape index (κ3) is 10.4. The maximum atomic E-state index is 12.6. The molecule has 0 aliphatic heterocycles. The van der Waals surface area contributed by atoms with Gasteiger partial charge in [0.25, 0.3) is 0 Å². The summed E-state index contributed by atoms with van der Waals surface area (Å²) in [5.74, 6) is -7.27. The molecule has 0 aromatic carbocycles. The molecule has 0 radical (unpaired) electrons. The highest BCUT2D eigenvalue weighted by atomic mass is 32.1. The first-order valence-corrected chi connectivity index (χ1v) is 10.4. The average Bonchev–Trinajstić information content (AvgIpc) is 2.70. The zero-order valence-corrected chi connectivity index (χ0v) is 18.6. The van der Waals surface area contributed by atoms with Gasteiger partial charge in [-0.25, -0.2) is 4.79 Å². The lowest BCUT2D eigenvalue weighted by molar-refractivity contribution is -0.144. The van der Waals surface area contributed by atoms with Gasteiger partial charge in [0, 0.05) is 12.2 Å². The fourth-order valence-corrected chi connectivity index (χ4v) is 2.76. The second kappa shape index (κ2) is 14.2. The lowest BCUT2D eigenvalue weighted by Gasteiger charge is -2.26. The number of hydrogen-bond acceptors (Lipinski definition) is 8. The van der Waals surface area contributed by atoms with Crippen molar-refractivity contribution in [3.05, 3.63) is 0 Å².